The standard InChI is InChI=1S/C15H25NS/c1-7-10-13-12(8-2)16(9-3)14(17-13)11-15(4,5)6/h7-8,10,14H,1,9,11H2,2-6H3/b12-8+,13-10+. The number of hydrogen-bond donors (Lipinski definition) is 0. The van der Waals surface area contributed by atoms with E-state index in [-0.39, 0.29) is 0 Å². The van der Waals surface area contributed by atoms with Gasteiger partial charge in [0.25, 0.3) is 0 Å². The number of allylic oxidation sites excluding steroid dienone is 3. The van der Waals surface area contributed by atoms with E-state index < -0.39 is 0 Å². The molecule has 0 N–H and O–H groups in total. The van der Waals surface area contributed by atoms with E-state index in [0.29, 0.717) is 10.8 Å². The first-order valence-corrected chi connectivity index (χ1v) is 7.23. The minimum atomic E-state index is 0.369. The highest BCUT2D eigenvalue weighted by Crippen LogP contribution is 2.45. The monoisotopic (exact) mass is 251 g/mol. The zero-order chi connectivity index (χ0) is 13.1. The number of thioether (sulfide) groups is 1. The molecular formula is C15H25NS. The van der Waals surface area contributed by atoms with E-state index in [1.807, 2.05) is 17.8 Å². The van der Waals surface area contributed by atoms with Gasteiger partial charge >= 0.3 is 0 Å². The van der Waals surface area contributed by atoms with Gasteiger partial charge < -0.3 is 4.90 Å². The molecule has 0 radical (unpaired) electrons. The molecule has 1 saturated heterocycles. The van der Waals surface area contributed by atoms with Crippen molar-refractivity contribution in [1.82, 2.24) is 4.90 Å². The normalized spacial score (nSPS) is 25.9. The van der Waals surface area contributed by atoms with Gasteiger partial charge in [-0.1, -0.05) is 51.3 Å². The van der Waals surface area contributed by atoms with Gasteiger partial charge in [-0.2, -0.15) is 0 Å². The molecule has 0 aromatic carbocycles. The minimum Gasteiger partial charge on any atom is -0.359 e. The summed E-state index contributed by atoms with van der Waals surface area (Å²) in [5, 5.41) is 0.567. The van der Waals surface area contributed by atoms with Gasteiger partial charge in [-0.05, 0) is 31.8 Å². The number of rotatable bonds is 3. The zero-order valence-corrected chi connectivity index (χ0v) is 12.6. The Morgan fingerprint density at radius 2 is 2.06 bits per heavy atom. The summed E-state index contributed by atoms with van der Waals surface area (Å²) in [5.74, 6) is 0. The Labute approximate surface area is 111 Å². The van der Waals surface area contributed by atoms with Gasteiger partial charge in [0, 0.05) is 17.1 Å². The summed E-state index contributed by atoms with van der Waals surface area (Å²) >= 11 is 1.97. The Hall–Kier alpha value is -0.630. The molecule has 2 heteroatoms. The molecule has 1 nitrogen and oxygen atoms in total. The van der Waals surface area contributed by atoms with Crippen LogP contribution in [0.5, 0.6) is 0 Å². The molecule has 0 bridgehead atoms. The van der Waals surface area contributed by atoms with Crippen molar-refractivity contribution in [1.29, 1.82) is 0 Å². The molecule has 1 rings (SSSR count). The van der Waals surface area contributed by atoms with Crippen molar-refractivity contribution in [2.45, 2.75) is 46.4 Å². The molecule has 1 fully saturated rings. The van der Waals surface area contributed by atoms with Gasteiger partial charge in [0.05, 0.1) is 5.37 Å². The van der Waals surface area contributed by atoms with Crippen molar-refractivity contribution in [3.63, 3.8) is 0 Å². The van der Waals surface area contributed by atoms with Crippen LogP contribution >= 0.6 is 11.8 Å². The van der Waals surface area contributed by atoms with Crippen molar-refractivity contribution in [3.8, 4) is 0 Å². The summed E-state index contributed by atoms with van der Waals surface area (Å²) in [6.07, 6.45) is 7.44. The molecule has 1 atom stereocenters. The second-order valence-corrected chi connectivity index (χ2v) is 6.78. The van der Waals surface area contributed by atoms with Crippen LogP contribution < -0.4 is 0 Å². The molecular weight excluding hydrogens is 226 g/mol. The molecule has 0 aliphatic carbocycles. The fourth-order valence-corrected chi connectivity index (χ4v) is 3.95. The molecule has 1 aliphatic rings. The highest BCUT2D eigenvalue weighted by molar-refractivity contribution is 8.04. The molecule has 0 aromatic rings. The fraction of sp³-hybridized carbons (Fsp3) is 0.600. The van der Waals surface area contributed by atoms with Gasteiger partial charge in [-0.25, -0.2) is 0 Å². The largest absolute Gasteiger partial charge is 0.359 e. The Morgan fingerprint density at radius 1 is 1.41 bits per heavy atom. The summed E-state index contributed by atoms with van der Waals surface area (Å²) in [6, 6.07) is 0. The lowest BCUT2D eigenvalue weighted by Gasteiger charge is -2.30. The third-order valence-electron chi connectivity index (χ3n) is 2.84. The van der Waals surface area contributed by atoms with Crippen molar-refractivity contribution in [2.24, 2.45) is 5.41 Å². The van der Waals surface area contributed by atoms with Crippen LogP contribution in [0.25, 0.3) is 0 Å². The lowest BCUT2D eigenvalue weighted by molar-refractivity contribution is 0.267. The molecule has 1 heterocycles. The summed E-state index contributed by atoms with van der Waals surface area (Å²) in [6.45, 7) is 16.2. The maximum atomic E-state index is 3.81. The molecule has 96 valence electrons. The van der Waals surface area contributed by atoms with Crippen LogP contribution in [-0.4, -0.2) is 16.8 Å². The number of likely N-dealkylation sites (N-methyl/N-ethyl adjacent to an activating group) is 1. The molecule has 1 unspecified atom stereocenters. The Morgan fingerprint density at radius 3 is 2.47 bits per heavy atom. The predicted octanol–water partition coefficient (Wildman–Crippen LogP) is 4.79. The van der Waals surface area contributed by atoms with Crippen LogP contribution in [0, 0.1) is 5.41 Å². The Kier molecular flexibility index (Phi) is 4.93. The van der Waals surface area contributed by atoms with Crippen LogP contribution in [0.3, 0.4) is 0 Å². The van der Waals surface area contributed by atoms with Crippen LogP contribution in [-0.2, 0) is 0 Å². The average Bonchev–Trinajstić information content (AvgIpc) is 2.53. The van der Waals surface area contributed by atoms with Gasteiger partial charge in [0.2, 0.25) is 0 Å². The number of hydrogen-bond acceptors (Lipinski definition) is 2. The average molecular weight is 251 g/mol. The van der Waals surface area contributed by atoms with Crippen molar-refractivity contribution in [3.05, 3.63) is 35.4 Å². The Balaban J connectivity index is 2.95. The van der Waals surface area contributed by atoms with Crippen LogP contribution in [0.4, 0.5) is 0 Å². The van der Waals surface area contributed by atoms with Crippen LogP contribution in [0.2, 0.25) is 0 Å². The second-order valence-electron chi connectivity index (χ2n) is 5.56. The maximum Gasteiger partial charge on any atom is 0.0802 e. The van der Waals surface area contributed by atoms with Crippen LogP contribution in [0.15, 0.2) is 35.4 Å². The van der Waals surface area contributed by atoms with Gasteiger partial charge in [-0.15, -0.1) is 0 Å². The zero-order valence-electron chi connectivity index (χ0n) is 11.8. The van der Waals surface area contributed by atoms with Crippen molar-refractivity contribution in [2.75, 3.05) is 6.54 Å². The lowest BCUT2D eigenvalue weighted by atomic mass is 9.92. The highest BCUT2D eigenvalue weighted by Gasteiger charge is 2.33. The first-order chi connectivity index (χ1) is 7.92. The molecule has 0 spiro atoms. The van der Waals surface area contributed by atoms with Crippen LogP contribution in [0.1, 0.15) is 41.0 Å². The van der Waals surface area contributed by atoms with E-state index in [2.05, 4.69) is 58.2 Å². The molecule has 17 heavy (non-hydrogen) atoms. The van der Waals surface area contributed by atoms with Crippen molar-refractivity contribution < 1.29 is 0 Å². The highest BCUT2D eigenvalue weighted by atomic mass is 32.2. The lowest BCUT2D eigenvalue weighted by Crippen LogP contribution is -2.30. The molecule has 0 aromatic heterocycles. The van der Waals surface area contributed by atoms with E-state index in [1.165, 1.54) is 17.0 Å². The van der Waals surface area contributed by atoms with E-state index in [9.17, 15) is 0 Å². The molecule has 1 aliphatic heterocycles. The third-order valence-corrected chi connectivity index (χ3v) is 4.14. The predicted molar refractivity (Wildman–Crippen MR) is 79.9 cm³/mol. The quantitative estimate of drug-likeness (QED) is 0.709. The smallest absolute Gasteiger partial charge is 0.0802 e. The summed E-state index contributed by atoms with van der Waals surface area (Å²) in [7, 11) is 0. The van der Waals surface area contributed by atoms with Gasteiger partial charge in [0.15, 0.2) is 0 Å². The molecule has 0 saturated carbocycles. The van der Waals surface area contributed by atoms with E-state index >= 15 is 0 Å². The summed E-state index contributed by atoms with van der Waals surface area (Å²) in [4.78, 5) is 3.87. The van der Waals surface area contributed by atoms with E-state index in [0.717, 1.165) is 6.54 Å². The summed E-state index contributed by atoms with van der Waals surface area (Å²) in [5.41, 5.74) is 1.74. The van der Waals surface area contributed by atoms with Gasteiger partial charge in [-0.3, -0.25) is 0 Å². The van der Waals surface area contributed by atoms with E-state index in [1.54, 1.807) is 0 Å². The van der Waals surface area contributed by atoms with Gasteiger partial charge in [0.1, 0.15) is 0 Å². The van der Waals surface area contributed by atoms with E-state index in [4.69, 9.17) is 0 Å². The minimum absolute atomic E-state index is 0.369. The first-order valence-electron chi connectivity index (χ1n) is 6.35. The molecule has 0 amide bonds. The fourth-order valence-electron chi connectivity index (χ4n) is 2.16. The SMILES string of the molecule is C=C/C=C1/SC(CC(C)(C)C)N(CC)/C1=C/C. The van der Waals surface area contributed by atoms with Crippen molar-refractivity contribution >= 4 is 11.8 Å². The first kappa shape index (κ1) is 14.4. The summed E-state index contributed by atoms with van der Waals surface area (Å²) < 4.78 is 0. The topological polar surface area (TPSA) is 3.24 Å². The second kappa shape index (κ2) is 5.81. The maximum absolute atomic E-state index is 3.81. The third kappa shape index (κ3) is 3.67. The Bertz CT molecular complexity index is 333. The number of nitrogens with zero attached hydrogens (tertiary/aromatic N) is 1.